The van der Waals surface area contributed by atoms with Crippen molar-refractivity contribution in [2.75, 3.05) is 26.2 Å². The number of hydrogen-bond donors (Lipinski definition) is 2. The van der Waals surface area contributed by atoms with Crippen molar-refractivity contribution in [3.63, 3.8) is 0 Å². The van der Waals surface area contributed by atoms with E-state index in [1.54, 1.807) is 18.2 Å². The summed E-state index contributed by atoms with van der Waals surface area (Å²) >= 11 is 0. The Morgan fingerprint density at radius 2 is 1.76 bits per heavy atom. The van der Waals surface area contributed by atoms with Crippen molar-refractivity contribution >= 4 is 27.8 Å². The molecule has 4 aromatic rings. The highest BCUT2D eigenvalue weighted by atomic mass is 19.1. The minimum absolute atomic E-state index is 0.138. The van der Waals surface area contributed by atoms with Crippen LogP contribution in [0.1, 0.15) is 60.6 Å². The number of nitrogens with zero attached hydrogens (tertiary/aromatic N) is 2. The third kappa shape index (κ3) is 5.12. The monoisotopic (exact) mass is 506 g/mol. The molecule has 0 bridgehead atoms. The van der Waals surface area contributed by atoms with Crippen LogP contribution in [-0.2, 0) is 0 Å². The highest BCUT2D eigenvalue weighted by Gasteiger charge is 2.30. The van der Waals surface area contributed by atoms with E-state index in [0.717, 1.165) is 55.5 Å². The molecule has 194 valence electrons. The van der Waals surface area contributed by atoms with E-state index in [-0.39, 0.29) is 17.5 Å². The number of carbonyl (C=O) groups excluding carboxylic acids is 1. The van der Waals surface area contributed by atoms with Gasteiger partial charge < -0.3 is 19.7 Å². The number of rotatable bonds is 6. The van der Waals surface area contributed by atoms with Crippen LogP contribution < -0.4 is 5.32 Å². The van der Waals surface area contributed by atoms with Gasteiger partial charge in [0.05, 0.1) is 5.69 Å². The van der Waals surface area contributed by atoms with Crippen LogP contribution in [0.3, 0.4) is 0 Å². The van der Waals surface area contributed by atoms with Crippen LogP contribution in [0, 0.1) is 23.5 Å². The first kappa shape index (κ1) is 24.1. The van der Waals surface area contributed by atoms with Gasteiger partial charge in [0.1, 0.15) is 17.3 Å². The van der Waals surface area contributed by atoms with E-state index < -0.39 is 0 Å². The zero-order valence-electron chi connectivity index (χ0n) is 20.8. The zero-order valence-corrected chi connectivity index (χ0v) is 20.8. The first-order valence-electron chi connectivity index (χ1n) is 13.4. The van der Waals surface area contributed by atoms with E-state index in [1.165, 1.54) is 43.5 Å². The number of fused-ring (bicyclic) bond motifs is 2. The Labute approximate surface area is 214 Å². The van der Waals surface area contributed by atoms with Crippen LogP contribution >= 0.6 is 0 Å². The second-order valence-corrected chi connectivity index (χ2v) is 10.7. The van der Waals surface area contributed by atoms with E-state index in [4.69, 9.17) is 4.52 Å². The number of aromatic amines is 1. The average molecular weight is 507 g/mol. The molecule has 1 aliphatic heterocycles. The quantitative estimate of drug-likeness (QED) is 0.336. The van der Waals surface area contributed by atoms with Gasteiger partial charge in [-0.05, 0) is 87.0 Å². The summed E-state index contributed by atoms with van der Waals surface area (Å²) in [5.41, 5.74) is 2.70. The van der Waals surface area contributed by atoms with Gasteiger partial charge in [-0.1, -0.05) is 18.0 Å². The Morgan fingerprint density at radius 3 is 2.59 bits per heavy atom. The SMILES string of the molecule is O=C(NC[C@@H]1CCCC[C@H]1CN1CCC(c2noc3cc(F)ccc23)CC1)c1cc2cc(F)ccc2[nH]1. The second kappa shape index (κ2) is 10.2. The highest BCUT2D eigenvalue weighted by Crippen LogP contribution is 2.35. The number of piperidine rings is 1. The molecule has 2 atom stereocenters. The molecule has 6 nitrogen and oxygen atoms in total. The van der Waals surface area contributed by atoms with Crippen molar-refractivity contribution in [2.45, 2.75) is 44.4 Å². The van der Waals surface area contributed by atoms with E-state index in [0.29, 0.717) is 41.0 Å². The van der Waals surface area contributed by atoms with Gasteiger partial charge in [0.15, 0.2) is 5.58 Å². The normalized spacial score (nSPS) is 21.6. The topological polar surface area (TPSA) is 74.2 Å². The number of likely N-dealkylation sites (tertiary alicyclic amines) is 1. The maximum Gasteiger partial charge on any atom is 0.267 e. The third-order valence-corrected chi connectivity index (χ3v) is 8.35. The molecule has 2 fully saturated rings. The van der Waals surface area contributed by atoms with Crippen molar-refractivity contribution in [1.29, 1.82) is 0 Å². The predicted molar refractivity (Wildman–Crippen MR) is 138 cm³/mol. The first-order chi connectivity index (χ1) is 18.0. The molecule has 2 aliphatic rings. The standard InChI is InChI=1S/C29H32F2N4O2/c30-22-6-8-25-21(13-22)14-26(33-25)29(36)32-16-19-3-1-2-4-20(19)17-35-11-9-18(10-12-35)28-24-7-5-23(31)15-27(24)37-34-28/h5-8,13-15,18-20,33H,1-4,9-12,16-17H2,(H,32,36)/t19-,20-/m0/s1. The smallest absolute Gasteiger partial charge is 0.267 e. The van der Waals surface area contributed by atoms with Crippen LogP contribution in [0.2, 0.25) is 0 Å². The van der Waals surface area contributed by atoms with E-state index in [2.05, 4.69) is 20.4 Å². The number of benzene rings is 2. The summed E-state index contributed by atoms with van der Waals surface area (Å²) in [6.07, 6.45) is 6.76. The molecule has 3 heterocycles. The van der Waals surface area contributed by atoms with Crippen molar-refractivity contribution in [3.05, 3.63) is 65.5 Å². The van der Waals surface area contributed by atoms with Crippen LogP contribution in [-0.4, -0.2) is 47.1 Å². The molecule has 0 spiro atoms. The summed E-state index contributed by atoms with van der Waals surface area (Å²) in [6, 6.07) is 10.9. The summed E-state index contributed by atoms with van der Waals surface area (Å²) in [7, 11) is 0. The predicted octanol–water partition coefficient (Wildman–Crippen LogP) is 6.00. The fraction of sp³-hybridized carbons (Fsp3) is 0.448. The molecule has 8 heteroatoms. The van der Waals surface area contributed by atoms with Gasteiger partial charge in [0.25, 0.3) is 5.91 Å². The van der Waals surface area contributed by atoms with Crippen molar-refractivity contribution in [2.24, 2.45) is 11.8 Å². The number of aromatic nitrogens is 2. The molecular weight excluding hydrogens is 474 g/mol. The van der Waals surface area contributed by atoms with Crippen molar-refractivity contribution < 1.29 is 18.1 Å². The van der Waals surface area contributed by atoms with Crippen LogP contribution in [0.15, 0.2) is 47.0 Å². The summed E-state index contributed by atoms with van der Waals surface area (Å²) in [5, 5.41) is 9.03. The zero-order chi connectivity index (χ0) is 25.4. The maximum absolute atomic E-state index is 13.5. The molecular formula is C29H32F2N4O2. The summed E-state index contributed by atoms with van der Waals surface area (Å²) < 4.78 is 32.4. The van der Waals surface area contributed by atoms with Crippen molar-refractivity contribution in [1.82, 2.24) is 20.4 Å². The molecule has 1 amide bonds. The fourth-order valence-electron chi connectivity index (χ4n) is 6.28. The van der Waals surface area contributed by atoms with Gasteiger partial charge in [0, 0.05) is 41.4 Å². The molecule has 1 saturated carbocycles. The van der Waals surface area contributed by atoms with Crippen LogP contribution in [0.5, 0.6) is 0 Å². The Balaban J connectivity index is 1.04. The Hall–Kier alpha value is -3.26. The lowest BCUT2D eigenvalue weighted by Gasteiger charge is -2.38. The molecule has 2 aromatic heterocycles. The van der Waals surface area contributed by atoms with E-state index in [1.807, 2.05) is 0 Å². The molecule has 37 heavy (non-hydrogen) atoms. The molecule has 1 aliphatic carbocycles. The number of halogens is 2. The third-order valence-electron chi connectivity index (χ3n) is 8.35. The van der Waals surface area contributed by atoms with Gasteiger partial charge >= 0.3 is 0 Å². The number of carbonyl (C=O) groups is 1. The fourth-order valence-corrected chi connectivity index (χ4v) is 6.28. The molecule has 0 unspecified atom stereocenters. The minimum atomic E-state index is -0.308. The first-order valence-corrected chi connectivity index (χ1v) is 13.4. The minimum Gasteiger partial charge on any atom is -0.356 e. The van der Waals surface area contributed by atoms with Crippen LogP contribution in [0.25, 0.3) is 21.9 Å². The molecule has 0 radical (unpaired) electrons. The van der Waals surface area contributed by atoms with Gasteiger partial charge in [-0.3, -0.25) is 4.79 Å². The summed E-state index contributed by atoms with van der Waals surface area (Å²) in [5.74, 6) is 0.581. The number of H-pyrrole nitrogens is 1. The Kier molecular flexibility index (Phi) is 6.67. The average Bonchev–Trinajstić information content (AvgIpc) is 3.52. The lowest BCUT2D eigenvalue weighted by atomic mass is 9.78. The lowest BCUT2D eigenvalue weighted by molar-refractivity contribution is 0.0908. The van der Waals surface area contributed by atoms with Gasteiger partial charge in [-0.25, -0.2) is 8.78 Å². The van der Waals surface area contributed by atoms with Gasteiger partial charge in [-0.15, -0.1) is 0 Å². The number of amides is 1. The molecule has 1 saturated heterocycles. The Bertz CT molecular complexity index is 1410. The van der Waals surface area contributed by atoms with Crippen LogP contribution in [0.4, 0.5) is 8.78 Å². The summed E-state index contributed by atoms with van der Waals surface area (Å²) in [6.45, 7) is 3.71. The van der Waals surface area contributed by atoms with Gasteiger partial charge in [0.2, 0.25) is 0 Å². The molecule has 2 N–H and O–H groups in total. The lowest BCUT2D eigenvalue weighted by Crippen LogP contribution is -2.42. The van der Waals surface area contributed by atoms with Gasteiger partial charge in [-0.2, -0.15) is 0 Å². The molecule has 6 rings (SSSR count). The Morgan fingerprint density at radius 1 is 1.00 bits per heavy atom. The highest BCUT2D eigenvalue weighted by molar-refractivity contribution is 5.98. The largest absolute Gasteiger partial charge is 0.356 e. The molecule has 2 aromatic carbocycles. The second-order valence-electron chi connectivity index (χ2n) is 10.7. The van der Waals surface area contributed by atoms with Crippen molar-refractivity contribution in [3.8, 4) is 0 Å². The summed E-state index contributed by atoms with van der Waals surface area (Å²) in [4.78, 5) is 18.5. The number of hydrogen-bond acceptors (Lipinski definition) is 4. The maximum atomic E-state index is 13.5. The number of nitrogens with one attached hydrogen (secondary N) is 2. The van der Waals surface area contributed by atoms with E-state index >= 15 is 0 Å². The van der Waals surface area contributed by atoms with E-state index in [9.17, 15) is 13.6 Å².